The number of benzene rings is 2. The first-order valence-corrected chi connectivity index (χ1v) is 12.4. The summed E-state index contributed by atoms with van der Waals surface area (Å²) in [7, 11) is -4.57. The second kappa shape index (κ2) is 8.93. The van der Waals surface area contributed by atoms with Crippen molar-refractivity contribution in [2.75, 3.05) is 40.4 Å². The molecule has 0 saturated carbocycles. The molecule has 0 radical (unpaired) electrons. The number of nitrogens with zero attached hydrogens (tertiary/aromatic N) is 2. The SMILES string of the molecule is COc1ccc(S(=O)(=O)N2CCCN(S(=O)(=O)c3ccc(C)cc3)CC2)cc1OC. The second-order valence-corrected chi connectivity index (χ2v) is 10.9. The third kappa shape index (κ3) is 4.46. The van der Waals surface area contributed by atoms with Gasteiger partial charge in [0.2, 0.25) is 20.0 Å². The lowest BCUT2D eigenvalue weighted by Gasteiger charge is -2.22. The Kier molecular flexibility index (Phi) is 6.71. The van der Waals surface area contributed by atoms with Crippen molar-refractivity contribution in [3.63, 3.8) is 0 Å². The van der Waals surface area contributed by atoms with E-state index in [2.05, 4.69) is 0 Å². The highest BCUT2D eigenvalue weighted by molar-refractivity contribution is 7.89. The molecule has 0 unspecified atom stereocenters. The lowest BCUT2D eigenvalue weighted by molar-refractivity contribution is 0.353. The molecule has 2 aromatic carbocycles. The van der Waals surface area contributed by atoms with Gasteiger partial charge in [0.1, 0.15) is 0 Å². The van der Waals surface area contributed by atoms with Crippen molar-refractivity contribution in [2.45, 2.75) is 23.1 Å². The summed E-state index contributed by atoms with van der Waals surface area (Å²) in [6.07, 6.45) is 0.400. The first-order valence-electron chi connectivity index (χ1n) is 9.49. The van der Waals surface area contributed by atoms with Crippen LogP contribution in [0.5, 0.6) is 11.5 Å². The Hall–Kier alpha value is -2.14. The molecule has 2 aromatic rings. The van der Waals surface area contributed by atoms with E-state index in [1.54, 1.807) is 24.3 Å². The molecule has 1 fully saturated rings. The summed E-state index contributed by atoms with van der Waals surface area (Å²) in [6.45, 7) is 2.54. The van der Waals surface area contributed by atoms with Gasteiger partial charge in [-0.25, -0.2) is 16.8 Å². The molecule has 1 aliphatic heterocycles. The monoisotopic (exact) mass is 454 g/mol. The van der Waals surface area contributed by atoms with Crippen molar-refractivity contribution in [3.05, 3.63) is 48.0 Å². The largest absolute Gasteiger partial charge is 0.493 e. The molecule has 0 amide bonds. The predicted octanol–water partition coefficient (Wildman–Crippen LogP) is 2.10. The molecule has 10 heteroatoms. The highest BCUT2D eigenvalue weighted by Gasteiger charge is 2.32. The summed E-state index contributed by atoms with van der Waals surface area (Å²) in [5.41, 5.74) is 0.969. The molecule has 1 aliphatic rings. The molecule has 0 spiro atoms. The van der Waals surface area contributed by atoms with Crippen LogP contribution in [-0.2, 0) is 20.0 Å². The van der Waals surface area contributed by atoms with Crippen LogP contribution in [-0.4, -0.2) is 65.8 Å². The number of hydrogen-bond donors (Lipinski definition) is 0. The smallest absolute Gasteiger partial charge is 0.243 e. The highest BCUT2D eigenvalue weighted by atomic mass is 32.2. The van der Waals surface area contributed by atoms with Crippen molar-refractivity contribution >= 4 is 20.0 Å². The molecule has 0 aliphatic carbocycles. The van der Waals surface area contributed by atoms with Crippen LogP contribution >= 0.6 is 0 Å². The van der Waals surface area contributed by atoms with Gasteiger partial charge in [-0.2, -0.15) is 8.61 Å². The molecule has 0 atom stereocenters. The number of methoxy groups -OCH3 is 2. The van der Waals surface area contributed by atoms with E-state index < -0.39 is 20.0 Å². The Morgan fingerprint density at radius 2 is 1.20 bits per heavy atom. The fourth-order valence-electron chi connectivity index (χ4n) is 3.34. The van der Waals surface area contributed by atoms with Crippen LogP contribution in [0.15, 0.2) is 52.3 Å². The van der Waals surface area contributed by atoms with E-state index in [9.17, 15) is 16.8 Å². The van der Waals surface area contributed by atoms with Gasteiger partial charge in [-0.1, -0.05) is 17.7 Å². The topological polar surface area (TPSA) is 93.2 Å². The maximum atomic E-state index is 13.1. The predicted molar refractivity (Wildman–Crippen MR) is 113 cm³/mol. The first-order chi connectivity index (χ1) is 14.2. The van der Waals surface area contributed by atoms with E-state index in [0.717, 1.165) is 5.56 Å². The molecule has 30 heavy (non-hydrogen) atoms. The van der Waals surface area contributed by atoms with Gasteiger partial charge >= 0.3 is 0 Å². The summed E-state index contributed by atoms with van der Waals surface area (Å²) in [5, 5.41) is 0. The molecule has 164 valence electrons. The highest BCUT2D eigenvalue weighted by Crippen LogP contribution is 2.31. The summed E-state index contributed by atoms with van der Waals surface area (Å²) >= 11 is 0. The molecule has 8 nitrogen and oxygen atoms in total. The van der Waals surface area contributed by atoms with E-state index in [4.69, 9.17) is 9.47 Å². The summed E-state index contributed by atoms with van der Waals surface area (Å²) in [6, 6.07) is 11.1. The van der Waals surface area contributed by atoms with Crippen LogP contribution in [0.1, 0.15) is 12.0 Å². The molecule has 3 rings (SSSR count). The van der Waals surface area contributed by atoms with Crippen LogP contribution in [0.2, 0.25) is 0 Å². The zero-order chi connectivity index (χ0) is 21.9. The molecular weight excluding hydrogens is 428 g/mol. The molecule has 1 heterocycles. The number of hydrogen-bond acceptors (Lipinski definition) is 6. The number of rotatable bonds is 6. The van der Waals surface area contributed by atoms with E-state index in [1.807, 2.05) is 6.92 Å². The lowest BCUT2D eigenvalue weighted by atomic mass is 10.2. The molecular formula is C20H26N2O6S2. The number of aryl methyl sites for hydroxylation is 1. The van der Waals surface area contributed by atoms with Crippen molar-refractivity contribution in [1.82, 2.24) is 8.61 Å². The minimum atomic E-state index is -3.81. The Labute approximate surface area is 178 Å². The van der Waals surface area contributed by atoms with Crippen LogP contribution in [0.4, 0.5) is 0 Å². The van der Waals surface area contributed by atoms with E-state index in [0.29, 0.717) is 17.9 Å². The van der Waals surface area contributed by atoms with Crippen molar-refractivity contribution in [3.8, 4) is 11.5 Å². The van der Waals surface area contributed by atoms with Gasteiger partial charge < -0.3 is 9.47 Å². The average molecular weight is 455 g/mol. The van der Waals surface area contributed by atoms with Crippen molar-refractivity contribution in [2.24, 2.45) is 0 Å². The second-order valence-electron chi connectivity index (χ2n) is 6.99. The normalized spacial score (nSPS) is 16.8. The summed E-state index contributed by atoms with van der Waals surface area (Å²) in [4.78, 5) is 0.291. The third-order valence-electron chi connectivity index (χ3n) is 5.07. The number of sulfonamides is 2. The van der Waals surface area contributed by atoms with Gasteiger partial charge in [0.15, 0.2) is 11.5 Å². The molecule has 0 N–H and O–H groups in total. The fraction of sp³-hybridized carbons (Fsp3) is 0.400. The zero-order valence-electron chi connectivity index (χ0n) is 17.2. The maximum Gasteiger partial charge on any atom is 0.243 e. The number of ether oxygens (including phenoxy) is 2. The quantitative estimate of drug-likeness (QED) is 0.664. The van der Waals surface area contributed by atoms with E-state index >= 15 is 0 Å². The maximum absolute atomic E-state index is 13.1. The Bertz CT molecular complexity index is 1100. The van der Waals surface area contributed by atoms with Gasteiger partial charge in [-0.15, -0.1) is 0 Å². The minimum absolute atomic E-state index is 0.0712. The standard InChI is InChI=1S/C20H26N2O6S2/c1-16-5-7-17(8-6-16)29(23,24)21-11-4-12-22(14-13-21)30(25,26)18-9-10-19(27-2)20(15-18)28-3/h5-10,15H,4,11-14H2,1-3H3. The zero-order valence-corrected chi connectivity index (χ0v) is 18.9. The van der Waals surface area contributed by atoms with Gasteiger partial charge in [0.25, 0.3) is 0 Å². The van der Waals surface area contributed by atoms with Crippen LogP contribution in [0, 0.1) is 6.92 Å². The van der Waals surface area contributed by atoms with Crippen LogP contribution < -0.4 is 9.47 Å². The fourth-order valence-corrected chi connectivity index (χ4v) is 6.29. The Morgan fingerprint density at radius 3 is 1.73 bits per heavy atom. The van der Waals surface area contributed by atoms with Crippen LogP contribution in [0.3, 0.4) is 0 Å². The third-order valence-corrected chi connectivity index (χ3v) is 8.87. The van der Waals surface area contributed by atoms with Gasteiger partial charge in [0.05, 0.1) is 24.0 Å². The molecule has 1 saturated heterocycles. The average Bonchev–Trinajstić information content (AvgIpc) is 3.01. The van der Waals surface area contributed by atoms with Crippen molar-refractivity contribution in [1.29, 1.82) is 0 Å². The first kappa shape index (κ1) is 22.5. The molecule has 0 aromatic heterocycles. The van der Waals surface area contributed by atoms with Gasteiger partial charge in [-0.3, -0.25) is 0 Å². The summed E-state index contributed by atoms with van der Waals surface area (Å²) < 4.78 is 65.2. The molecule has 0 bridgehead atoms. The van der Waals surface area contributed by atoms with Crippen LogP contribution in [0.25, 0.3) is 0 Å². The Balaban J connectivity index is 1.81. The van der Waals surface area contributed by atoms with E-state index in [-0.39, 0.29) is 36.0 Å². The minimum Gasteiger partial charge on any atom is -0.493 e. The lowest BCUT2D eigenvalue weighted by Crippen LogP contribution is -2.37. The van der Waals surface area contributed by atoms with E-state index in [1.165, 1.54) is 41.0 Å². The van der Waals surface area contributed by atoms with Crippen molar-refractivity contribution < 1.29 is 26.3 Å². The van der Waals surface area contributed by atoms with Gasteiger partial charge in [-0.05, 0) is 37.6 Å². The van der Waals surface area contributed by atoms with Gasteiger partial charge in [0, 0.05) is 32.2 Å². The summed E-state index contributed by atoms with van der Waals surface area (Å²) in [5.74, 6) is 0.750. The Morgan fingerprint density at radius 1 is 0.700 bits per heavy atom.